The van der Waals surface area contributed by atoms with E-state index in [2.05, 4.69) is 4.99 Å². The van der Waals surface area contributed by atoms with Crippen molar-refractivity contribution in [1.29, 1.82) is 0 Å². The summed E-state index contributed by atoms with van der Waals surface area (Å²) in [7, 11) is 0. The van der Waals surface area contributed by atoms with Gasteiger partial charge in [0.15, 0.2) is 5.75 Å². The number of hydrogen-bond acceptors (Lipinski definition) is 2. The van der Waals surface area contributed by atoms with Gasteiger partial charge in [-0.1, -0.05) is 24.3 Å². The topological polar surface area (TPSA) is 21.6 Å². The number of fused-ring (bicyclic) bond motifs is 2. The first-order valence-corrected chi connectivity index (χ1v) is 4.43. The molecule has 0 saturated carbocycles. The molecule has 2 nitrogen and oxygen atoms in total. The first kappa shape index (κ1) is 5.81. The Bertz CT molecular complexity index is 544. The molecule has 0 spiro atoms. The molecule has 0 unspecified atom stereocenters. The normalized spacial score (nSPS) is 23.1. The maximum absolute atomic E-state index is 7.82. The van der Waals surface area contributed by atoms with Crippen molar-refractivity contribution in [2.24, 2.45) is 4.99 Å². The minimum atomic E-state index is -1.56. The fraction of sp³-hybridized carbons (Fsp3) is 0.0833. The molecule has 68 valence electrons. The molecule has 2 aliphatic rings. The third kappa shape index (κ3) is 1.08. The molecular weight excluding hydrogens is 174 g/mol. The van der Waals surface area contributed by atoms with E-state index in [4.69, 9.17) is 7.48 Å². The standard InChI is InChI=1S/C12H9NO/c1-3-7-11-9(5-1)13-10-6-2-4-8-12(10)14-11/h1-5,7-8H,6H2/i6D2. The van der Waals surface area contributed by atoms with Gasteiger partial charge in [-0.25, -0.2) is 4.99 Å². The lowest BCUT2D eigenvalue weighted by Crippen LogP contribution is -2.13. The van der Waals surface area contributed by atoms with Crippen LogP contribution in [0.15, 0.2) is 53.2 Å². The van der Waals surface area contributed by atoms with Crippen LogP contribution in [0.25, 0.3) is 0 Å². The molecule has 0 bridgehead atoms. The van der Waals surface area contributed by atoms with Gasteiger partial charge in [-0.2, -0.15) is 0 Å². The summed E-state index contributed by atoms with van der Waals surface area (Å²) in [5.41, 5.74) is 1.02. The van der Waals surface area contributed by atoms with Crippen LogP contribution in [0.2, 0.25) is 0 Å². The zero-order valence-electron chi connectivity index (χ0n) is 9.40. The number of hydrogen-bond donors (Lipinski definition) is 0. The number of aliphatic imine (C=N–C) groups is 1. The molecule has 1 heterocycles. The first-order valence-electron chi connectivity index (χ1n) is 5.43. The quantitative estimate of drug-likeness (QED) is 0.608. The summed E-state index contributed by atoms with van der Waals surface area (Å²) >= 11 is 0. The highest BCUT2D eigenvalue weighted by atomic mass is 16.5. The molecular formula is C12H9NO. The SMILES string of the molecule is [2H]C1([2H])C=CC=C2Oc3ccccc3N=C21. The van der Waals surface area contributed by atoms with Crippen molar-refractivity contribution in [1.82, 2.24) is 0 Å². The van der Waals surface area contributed by atoms with Crippen LogP contribution < -0.4 is 4.74 Å². The number of nitrogens with zero attached hydrogens (tertiary/aromatic N) is 1. The molecule has 0 amide bonds. The summed E-state index contributed by atoms with van der Waals surface area (Å²) in [5, 5.41) is 0. The van der Waals surface area contributed by atoms with Gasteiger partial charge in [-0.15, -0.1) is 0 Å². The fourth-order valence-corrected chi connectivity index (χ4v) is 1.46. The van der Waals surface area contributed by atoms with Crippen molar-refractivity contribution in [2.75, 3.05) is 0 Å². The Morgan fingerprint density at radius 1 is 1.36 bits per heavy atom. The number of rotatable bonds is 0. The maximum atomic E-state index is 7.82. The van der Waals surface area contributed by atoms with E-state index < -0.39 is 6.37 Å². The van der Waals surface area contributed by atoms with Gasteiger partial charge in [0.05, 0.1) is 5.71 Å². The predicted octanol–water partition coefficient (Wildman–Crippen LogP) is 3.00. The zero-order valence-corrected chi connectivity index (χ0v) is 7.40. The van der Waals surface area contributed by atoms with Crippen LogP contribution in [0.3, 0.4) is 0 Å². The molecule has 0 fully saturated rings. The molecule has 0 radical (unpaired) electrons. The fourth-order valence-electron chi connectivity index (χ4n) is 1.46. The lowest BCUT2D eigenvalue weighted by Gasteiger charge is -2.19. The van der Waals surface area contributed by atoms with Crippen molar-refractivity contribution in [3.63, 3.8) is 0 Å². The average molecular weight is 185 g/mol. The summed E-state index contributed by atoms with van der Waals surface area (Å²) in [4.78, 5) is 4.32. The third-order valence-electron chi connectivity index (χ3n) is 2.11. The van der Waals surface area contributed by atoms with Crippen LogP contribution >= 0.6 is 0 Å². The van der Waals surface area contributed by atoms with Gasteiger partial charge in [-0.3, -0.25) is 0 Å². The first-order chi connectivity index (χ1) is 7.67. The van der Waals surface area contributed by atoms with E-state index in [1.165, 1.54) is 6.08 Å². The van der Waals surface area contributed by atoms with Crippen molar-refractivity contribution in [2.45, 2.75) is 6.37 Å². The molecule has 14 heavy (non-hydrogen) atoms. The third-order valence-corrected chi connectivity index (χ3v) is 2.11. The smallest absolute Gasteiger partial charge is 0.153 e. The summed E-state index contributed by atoms with van der Waals surface area (Å²) in [6, 6.07) is 7.36. The van der Waals surface area contributed by atoms with Crippen LogP contribution in [-0.2, 0) is 0 Å². The monoisotopic (exact) mass is 185 g/mol. The highest BCUT2D eigenvalue weighted by Gasteiger charge is 2.18. The molecule has 1 aliphatic heterocycles. The largest absolute Gasteiger partial charge is 0.453 e. The van der Waals surface area contributed by atoms with Gasteiger partial charge in [0.1, 0.15) is 11.4 Å². The van der Waals surface area contributed by atoms with E-state index in [1.54, 1.807) is 12.2 Å². The van der Waals surface area contributed by atoms with E-state index in [-0.39, 0.29) is 0 Å². The number of benzene rings is 1. The van der Waals surface area contributed by atoms with Gasteiger partial charge in [0.25, 0.3) is 0 Å². The highest BCUT2D eigenvalue weighted by molar-refractivity contribution is 6.04. The number of para-hydroxylation sites is 2. The van der Waals surface area contributed by atoms with Crippen LogP contribution in [0.1, 0.15) is 9.11 Å². The van der Waals surface area contributed by atoms with Gasteiger partial charge < -0.3 is 4.74 Å². The molecule has 1 aromatic carbocycles. The Morgan fingerprint density at radius 2 is 2.29 bits per heavy atom. The molecule has 1 aliphatic carbocycles. The Morgan fingerprint density at radius 3 is 3.29 bits per heavy atom. The highest BCUT2D eigenvalue weighted by Crippen LogP contribution is 2.34. The zero-order chi connectivity index (χ0) is 11.2. The minimum absolute atomic E-state index is 0.341. The molecule has 0 saturated heterocycles. The van der Waals surface area contributed by atoms with E-state index in [0.29, 0.717) is 22.9 Å². The van der Waals surface area contributed by atoms with Crippen LogP contribution in [-0.4, -0.2) is 5.71 Å². The van der Waals surface area contributed by atoms with Gasteiger partial charge in [-0.05, 0) is 18.2 Å². The van der Waals surface area contributed by atoms with Crippen molar-refractivity contribution < 1.29 is 7.48 Å². The molecule has 2 heteroatoms. The minimum Gasteiger partial charge on any atom is -0.453 e. The second-order valence-electron chi connectivity index (χ2n) is 3.06. The van der Waals surface area contributed by atoms with Crippen molar-refractivity contribution >= 4 is 11.4 Å². The molecule has 0 aromatic heterocycles. The van der Waals surface area contributed by atoms with E-state index in [1.807, 2.05) is 24.3 Å². The molecule has 0 N–H and O–H groups in total. The average Bonchev–Trinajstić information content (AvgIpc) is 2.27. The van der Waals surface area contributed by atoms with Crippen molar-refractivity contribution in [3.8, 4) is 5.75 Å². The lowest BCUT2D eigenvalue weighted by atomic mass is 10.1. The second-order valence-corrected chi connectivity index (χ2v) is 3.06. The Kier molecular flexibility index (Phi) is 1.18. The molecule has 0 atom stereocenters. The molecule has 1 aromatic rings. The summed E-state index contributed by atoms with van der Waals surface area (Å²) in [6.07, 6.45) is 3.31. The van der Waals surface area contributed by atoms with Crippen LogP contribution in [0, 0.1) is 0 Å². The number of allylic oxidation sites excluding steroid dienone is 4. The summed E-state index contributed by atoms with van der Waals surface area (Å²) < 4.78 is 21.3. The van der Waals surface area contributed by atoms with E-state index >= 15 is 0 Å². The van der Waals surface area contributed by atoms with Gasteiger partial charge in [0.2, 0.25) is 0 Å². The van der Waals surface area contributed by atoms with Crippen molar-refractivity contribution in [3.05, 3.63) is 48.3 Å². The lowest BCUT2D eigenvalue weighted by molar-refractivity contribution is 0.448. The Labute approximate surface area is 85.0 Å². The summed E-state index contributed by atoms with van der Waals surface area (Å²) in [6.45, 7) is 0. The Hall–Kier alpha value is -1.83. The predicted molar refractivity (Wildman–Crippen MR) is 56.0 cm³/mol. The number of ether oxygens (including phenoxy) is 1. The Balaban J connectivity index is 2.19. The van der Waals surface area contributed by atoms with Gasteiger partial charge >= 0.3 is 0 Å². The van der Waals surface area contributed by atoms with E-state index in [0.717, 1.165) is 0 Å². The summed E-state index contributed by atoms with van der Waals surface area (Å²) in [5.74, 6) is 1.16. The molecule has 3 rings (SSSR count). The maximum Gasteiger partial charge on any atom is 0.153 e. The van der Waals surface area contributed by atoms with Crippen LogP contribution in [0.4, 0.5) is 5.69 Å². The van der Waals surface area contributed by atoms with Gasteiger partial charge in [0, 0.05) is 9.11 Å². The van der Waals surface area contributed by atoms with E-state index in [9.17, 15) is 0 Å². The second kappa shape index (κ2) is 2.84. The van der Waals surface area contributed by atoms with Crippen LogP contribution in [0.5, 0.6) is 5.75 Å².